The van der Waals surface area contributed by atoms with Crippen LogP contribution in [-0.2, 0) is 13.5 Å². The van der Waals surface area contributed by atoms with Crippen LogP contribution in [0.25, 0.3) is 22.4 Å². The van der Waals surface area contributed by atoms with Gasteiger partial charge in [0.15, 0.2) is 5.82 Å². The third-order valence-corrected chi connectivity index (χ3v) is 4.11. The summed E-state index contributed by atoms with van der Waals surface area (Å²) in [7, 11) is 1.92. The summed E-state index contributed by atoms with van der Waals surface area (Å²) in [5.41, 5.74) is 4.42. The second-order valence-corrected chi connectivity index (χ2v) is 5.76. The lowest BCUT2D eigenvalue weighted by Crippen LogP contribution is -2.23. The number of aromatic nitrogens is 4. The molecule has 1 aliphatic heterocycles. The highest BCUT2D eigenvalue weighted by Gasteiger charge is 2.22. The minimum absolute atomic E-state index is 0.105. The summed E-state index contributed by atoms with van der Waals surface area (Å²) < 4.78 is 1.85. The summed E-state index contributed by atoms with van der Waals surface area (Å²) in [5, 5.41) is 8.50. The standard InChI is InChI=1S/C16H17N5O/c1-9-5-6-12-10(8-9)13(20-21(12)2)15-18-11-4-3-7-17-16(22)14(11)19-15/h5-6,8H,3-4,7H2,1-2H3,(H,17,22)(H,18,19). The quantitative estimate of drug-likeness (QED) is 0.720. The van der Waals surface area contributed by atoms with Gasteiger partial charge in [-0.2, -0.15) is 5.10 Å². The molecule has 1 aromatic carbocycles. The van der Waals surface area contributed by atoms with Gasteiger partial charge in [0, 0.05) is 24.7 Å². The molecule has 0 radical (unpaired) electrons. The van der Waals surface area contributed by atoms with E-state index < -0.39 is 0 Å². The lowest BCUT2D eigenvalue weighted by molar-refractivity contribution is 0.0951. The molecule has 1 amide bonds. The van der Waals surface area contributed by atoms with Crippen molar-refractivity contribution < 1.29 is 4.79 Å². The second kappa shape index (κ2) is 4.69. The van der Waals surface area contributed by atoms with Gasteiger partial charge in [-0.25, -0.2) is 4.98 Å². The summed E-state index contributed by atoms with van der Waals surface area (Å²) in [5.74, 6) is 0.560. The first kappa shape index (κ1) is 13.1. The first-order valence-electron chi connectivity index (χ1n) is 7.44. The van der Waals surface area contributed by atoms with E-state index in [2.05, 4.69) is 45.5 Å². The largest absolute Gasteiger partial charge is 0.351 e. The monoisotopic (exact) mass is 295 g/mol. The van der Waals surface area contributed by atoms with Crippen molar-refractivity contribution in [3.05, 3.63) is 35.2 Å². The molecular weight excluding hydrogens is 278 g/mol. The van der Waals surface area contributed by atoms with E-state index in [1.165, 1.54) is 5.56 Å². The van der Waals surface area contributed by atoms with Crippen molar-refractivity contribution in [2.45, 2.75) is 19.8 Å². The Balaban J connectivity index is 1.91. The minimum atomic E-state index is -0.105. The predicted octanol–water partition coefficient (Wildman–Crippen LogP) is 1.95. The molecule has 6 heteroatoms. The molecule has 0 fully saturated rings. The van der Waals surface area contributed by atoms with Gasteiger partial charge in [-0.05, 0) is 31.9 Å². The second-order valence-electron chi connectivity index (χ2n) is 5.76. The van der Waals surface area contributed by atoms with Crippen molar-refractivity contribution in [2.75, 3.05) is 6.54 Å². The molecule has 6 nitrogen and oxygen atoms in total. The van der Waals surface area contributed by atoms with Crippen LogP contribution in [0.4, 0.5) is 0 Å². The van der Waals surface area contributed by atoms with Gasteiger partial charge in [-0.3, -0.25) is 9.48 Å². The molecule has 1 aliphatic rings. The molecule has 2 aromatic heterocycles. The Kier molecular flexibility index (Phi) is 2.79. The van der Waals surface area contributed by atoms with Crippen molar-refractivity contribution >= 4 is 16.8 Å². The highest BCUT2D eigenvalue weighted by atomic mass is 16.1. The first-order valence-corrected chi connectivity index (χ1v) is 7.44. The molecule has 0 unspecified atom stereocenters. The highest BCUT2D eigenvalue weighted by Crippen LogP contribution is 2.28. The molecule has 0 aliphatic carbocycles. The van der Waals surface area contributed by atoms with Crippen molar-refractivity contribution in [3.63, 3.8) is 0 Å². The van der Waals surface area contributed by atoms with Crippen LogP contribution in [0, 0.1) is 6.92 Å². The Bertz CT molecular complexity index is 889. The molecule has 0 bridgehead atoms. The number of carbonyl (C=O) groups excluding carboxylic acids is 1. The maximum Gasteiger partial charge on any atom is 0.271 e. The molecule has 0 saturated carbocycles. The van der Waals surface area contributed by atoms with Gasteiger partial charge in [0.2, 0.25) is 0 Å². The van der Waals surface area contributed by atoms with Gasteiger partial charge >= 0.3 is 0 Å². The SMILES string of the molecule is Cc1ccc2c(c1)c(-c1nc3c([nH]1)CCCNC3=O)nn2C. The fourth-order valence-electron chi connectivity index (χ4n) is 3.00. The van der Waals surface area contributed by atoms with E-state index in [9.17, 15) is 4.79 Å². The third-order valence-electron chi connectivity index (χ3n) is 4.11. The highest BCUT2D eigenvalue weighted by molar-refractivity contribution is 5.96. The summed E-state index contributed by atoms with van der Waals surface area (Å²) in [4.78, 5) is 19.9. The van der Waals surface area contributed by atoms with Gasteiger partial charge in [-0.1, -0.05) is 11.6 Å². The van der Waals surface area contributed by atoms with Crippen LogP contribution in [0.1, 0.15) is 28.2 Å². The lowest BCUT2D eigenvalue weighted by Gasteiger charge is -1.97. The van der Waals surface area contributed by atoms with E-state index in [-0.39, 0.29) is 5.91 Å². The number of hydrogen-bond acceptors (Lipinski definition) is 3. The van der Waals surface area contributed by atoms with Crippen molar-refractivity contribution in [2.24, 2.45) is 7.05 Å². The molecule has 3 aromatic rings. The van der Waals surface area contributed by atoms with Crippen LogP contribution in [0.3, 0.4) is 0 Å². The summed E-state index contributed by atoms with van der Waals surface area (Å²) in [6.45, 7) is 2.76. The normalized spacial score (nSPS) is 14.7. The van der Waals surface area contributed by atoms with Gasteiger partial charge in [0.25, 0.3) is 5.91 Å². The number of fused-ring (bicyclic) bond motifs is 2. The average Bonchev–Trinajstić information content (AvgIpc) is 3.00. The smallest absolute Gasteiger partial charge is 0.271 e. The Labute approximate surface area is 127 Å². The maximum atomic E-state index is 12.1. The van der Waals surface area contributed by atoms with Crippen LogP contribution >= 0.6 is 0 Å². The van der Waals surface area contributed by atoms with Crippen LogP contribution in [0.5, 0.6) is 0 Å². The number of nitrogens with zero attached hydrogens (tertiary/aromatic N) is 3. The minimum Gasteiger partial charge on any atom is -0.351 e. The molecule has 3 heterocycles. The average molecular weight is 295 g/mol. The molecule has 4 rings (SSSR count). The van der Waals surface area contributed by atoms with E-state index >= 15 is 0 Å². The number of rotatable bonds is 1. The molecule has 0 spiro atoms. The maximum absolute atomic E-state index is 12.1. The molecular formula is C16H17N5O. The zero-order valence-electron chi connectivity index (χ0n) is 12.6. The first-order chi connectivity index (χ1) is 10.6. The number of carbonyl (C=O) groups is 1. The fourth-order valence-corrected chi connectivity index (χ4v) is 3.00. The van der Waals surface area contributed by atoms with Gasteiger partial charge in [0.05, 0.1) is 5.52 Å². The van der Waals surface area contributed by atoms with Crippen molar-refractivity contribution in [1.29, 1.82) is 0 Å². The molecule has 0 saturated heterocycles. The van der Waals surface area contributed by atoms with Crippen LogP contribution in [0.2, 0.25) is 0 Å². The number of amides is 1. The van der Waals surface area contributed by atoms with E-state index in [1.54, 1.807) is 0 Å². The number of hydrogen-bond donors (Lipinski definition) is 2. The summed E-state index contributed by atoms with van der Waals surface area (Å²) in [6, 6.07) is 6.23. The van der Waals surface area contributed by atoms with Crippen LogP contribution in [0.15, 0.2) is 18.2 Å². The Morgan fingerprint density at radius 3 is 3.00 bits per heavy atom. The van der Waals surface area contributed by atoms with E-state index in [1.807, 2.05) is 11.7 Å². The fraction of sp³-hybridized carbons (Fsp3) is 0.312. The molecule has 22 heavy (non-hydrogen) atoms. The zero-order valence-corrected chi connectivity index (χ0v) is 12.6. The number of aromatic amines is 1. The molecule has 112 valence electrons. The summed E-state index contributed by atoms with van der Waals surface area (Å²) in [6.07, 6.45) is 1.74. The Morgan fingerprint density at radius 1 is 1.27 bits per heavy atom. The zero-order chi connectivity index (χ0) is 15.3. The van der Waals surface area contributed by atoms with Crippen LogP contribution < -0.4 is 5.32 Å². The van der Waals surface area contributed by atoms with E-state index in [4.69, 9.17) is 0 Å². The lowest BCUT2D eigenvalue weighted by atomic mass is 10.1. The molecule has 0 atom stereocenters. The van der Waals surface area contributed by atoms with Gasteiger partial charge < -0.3 is 10.3 Å². The van der Waals surface area contributed by atoms with Crippen molar-refractivity contribution in [1.82, 2.24) is 25.1 Å². The van der Waals surface area contributed by atoms with E-state index in [0.29, 0.717) is 18.1 Å². The van der Waals surface area contributed by atoms with Crippen LogP contribution in [-0.4, -0.2) is 32.2 Å². The predicted molar refractivity (Wildman–Crippen MR) is 83.7 cm³/mol. The molecule has 2 N–H and O–H groups in total. The number of imidazole rings is 1. The Morgan fingerprint density at radius 2 is 2.14 bits per heavy atom. The number of nitrogens with one attached hydrogen (secondary N) is 2. The van der Waals surface area contributed by atoms with Gasteiger partial charge in [-0.15, -0.1) is 0 Å². The topological polar surface area (TPSA) is 75.6 Å². The number of benzene rings is 1. The van der Waals surface area contributed by atoms with Crippen molar-refractivity contribution in [3.8, 4) is 11.5 Å². The number of H-pyrrole nitrogens is 1. The van der Waals surface area contributed by atoms with Gasteiger partial charge in [0.1, 0.15) is 11.4 Å². The number of aryl methyl sites for hydroxylation is 3. The third kappa shape index (κ3) is 1.91. The van der Waals surface area contributed by atoms with E-state index in [0.717, 1.165) is 35.1 Å². The summed E-state index contributed by atoms with van der Waals surface area (Å²) >= 11 is 0. The Hall–Kier alpha value is -2.63.